The first-order valence-corrected chi connectivity index (χ1v) is 6.17. The van der Waals surface area contributed by atoms with Crippen molar-refractivity contribution in [1.82, 2.24) is 0 Å². The maximum absolute atomic E-state index is 8.84. The van der Waals surface area contributed by atoms with Gasteiger partial charge < -0.3 is 25.2 Å². The zero-order valence-electron chi connectivity index (χ0n) is 11.7. The molecular formula is C15H16N2O4. The Labute approximate surface area is 122 Å². The predicted octanol–water partition coefficient (Wildman–Crippen LogP) is 2.59. The largest absolute Gasteiger partial charge is 0.493 e. The van der Waals surface area contributed by atoms with Crippen molar-refractivity contribution in [2.24, 2.45) is 10.9 Å². The summed E-state index contributed by atoms with van der Waals surface area (Å²) in [6, 6.07) is 12.2. The predicted molar refractivity (Wildman–Crippen MR) is 78.6 cm³/mol. The molecule has 21 heavy (non-hydrogen) atoms. The average Bonchev–Trinajstić information content (AvgIpc) is 2.54. The number of methoxy groups -OCH3 is 2. The number of hydrogen-bond acceptors (Lipinski definition) is 5. The van der Waals surface area contributed by atoms with Gasteiger partial charge in [0, 0.05) is 0 Å². The second-order valence-corrected chi connectivity index (χ2v) is 4.08. The van der Waals surface area contributed by atoms with Gasteiger partial charge >= 0.3 is 0 Å². The molecule has 0 saturated carbocycles. The molecular weight excluding hydrogens is 272 g/mol. The van der Waals surface area contributed by atoms with Gasteiger partial charge in [0.05, 0.1) is 19.8 Å². The molecule has 0 aromatic heterocycles. The molecule has 0 bridgehead atoms. The average molecular weight is 288 g/mol. The number of oxime groups is 1. The summed E-state index contributed by atoms with van der Waals surface area (Å²) in [6.07, 6.45) is 0. The van der Waals surface area contributed by atoms with E-state index in [0.29, 0.717) is 28.6 Å². The first-order valence-electron chi connectivity index (χ1n) is 6.17. The molecule has 0 aliphatic carbocycles. The molecule has 0 atom stereocenters. The first-order chi connectivity index (χ1) is 10.2. The molecule has 0 amide bonds. The number of nitrogens with two attached hydrogens (primary N) is 1. The Balaban J connectivity index is 2.48. The minimum absolute atomic E-state index is 0.0422. The van der Waals surface area contributed by atoms with Crippen LogP contribution < -0.4 is 19.9 Å². The Hall–Kier alpha value is -2.89. The fourth-order valence-corrected chi connectivity index (χ4v) is 1.85. The Kier molecular flexibility index (Phi) is 4.50. The molecule has 0 spiro atoms. The highest BCUT2D eigenvalue weighted by atomic mass is 16.5. The molecule has 2 rings (SSSR count). The van der Waals surface area contributed by atoms with Crippen LogP contribution in [0.5, 0.6) is 23.0 Å². The summed E-state index contributed by atoms with van der Waals surface area (Å²) in [5.41, 5.74) is 6.11. The smallest absolute Gasteiger partial charge is 0.211 e. The van der Waals surface area contributed by atoms with E-state index in [2.05, 4.69) is 5.16 Å². The SMILES string of the molecule is COc1cccc(OC)c1Oc1ccccc1/C(N)=N/O. The molecule has 0 heterocycles. The molecule has 0 saturated heterocycles. The van der Waals surface area contributed by atoms with Crippen molar-refractivity contribution in [2.75, 3.05) is 14.2 Å². The Morgan fingerprint density at radius 3 is 2.10 bits per heavy atom. The molecule has 2 aromatic rings. The third kappa shape index (κ3) is 3.00. The van der Waals surface area contributed by atoms with Gasteiger partial charge in [0.1, 0.15) is 5.75 Å². The van der Waals surface area contributed by atoms with Crippen molar-refractivity contribution >= 4 is 5.84 Å². The first kappa shape index (κ1) is 14.5. The van der Waals surface area contributed by atoms with Crippen LogP contribution in [0.3, 0.4) is 0 Å². The second-order valence-electron chi connectivity index (χ2n) is 4.08. The molecule has 6 nitrogen and oxygen atoms in total. The van der Waals surface area contributed by atoms with E-state index in [1.807, 2.05) is 0 Å². The second kappa shape index (κ2) is 6.51. The third-order valence-electron chi connectivity index (χ3n) is 2.87. The van der Waals surface area contributed by atoms with Gasteiger partial charge in [-0.15, -0.1) is 0 Å². The molecule has 0 unspecified atom stereocenters. The van der Waals surface area contributed by atoms with E-state index in [0.717, 1.165) is 0 Å². The summed E-state index contributed by atoms with van der Waals surface area (Å²) in [4.78, 5) is 0. The molecule has 2 aromatic carbocycles. The van der Waals surface area contributed by atoms with Gasteiger partial charge in [0.2, 0.25) is 5.75 Å². The topological polar surface area (TPSA) is 86.3 Å². The lowest BCUT2D eigenvalue weighted by molar-refractivity contribution is 0.318. The van der Waals surface area contributed by atoms with Crippen molar-refractivity contribution in [3.63, 3.8) is 0 Å². The van der Waals surface area contributed by atoms with Gasteiger partial charge in [-0.2, -0.15) is 0 Å². The van der Waals surface area contributed by atoms with Crippen molar-refractivity contribution in [1.29, 1.82) is 0 Å². The molecule has 0 fully saturated rings. The number of hydrogen-bond donors (Lipinski definition) is 2. The van der Waals surface area contributed by atoms with Gasteiger partial charge in [0.15, 0.2) is 17.3 Å². The van der Waals surface area contributed by atoms with Crippen molar-refractivity contribution in [2.45, 2.75) is 0 Å². The molecule has 0 radical (unpaired) electrons. The minimum Gasteiger partial charge on any atom is -0.493 e. The maximum atomic E-state index is 8.84. The molecule has 0 aliphatic heterocycles. The molecule has 110 valence electrons. The zero-order chi connectivity index (χ0) is 15.2. The van der Waals surface area contributed by atoms with E-state index < -0.39 is 0 Å². The van der Waals surface area contributed by atoms with Crippen LogP contribution in [0.4, 0.5) is 0 Å². The van der Waals surface area contributed by atoms with Gasteiger partial charge in [-0.3, -0.25) is 0 Å². The van der Waals surface area contributed by atoms with Crippen LogP contribution in [0, 0.1) is 0 Å². The van der Waals surface area contributed by atoms with Gasteiger partial charge in [-0.25, -0.2) is 0 Å². The number of benzene rings is 2. The highest BCUT2D eigenvalue weighted by Gasteiger charge is 2.15. The maximum Gasteiger partial charge on any atom is 0.211 e. The van der Waals surface area contributed by atoms with E-state index in [1.54, 1.807) is 42.5 Å². The summed E-state index contributed by atoms with van der Waals surface area (Å²) in [6.45, 7) is 0. The fraction of sp³-hybridized carbons (Fsp3) is 0.133. The monoisotopic (exact) mass is 288 g/mol. The third-order valence-corrected chi connectivity index (χ3v) is 2.87. The summed E-state index contributed by atoms with van der Waals surface area (Å²) in [5, 5.41) is 11.8. The fourth-order valence-electron chi connectivity index (χ4n) is 1.85. The summed E-state index contributed by atoms with van der Waals surface area (Å²) in [7, 11) is 3.08. The number of rotatable bonds is 5. The lowest BCUT2D eigenvalue weighted by Crippen LogP contribution is -2.14. The quantitative estimate of drug-likeness (QED) is 0.382. The van der Waals surface area contributed by atoms with Crippen LogP contribution in [0.2, 0.25) is 0 Å². The summed E-state index contributed by atoms with van der Waals surface area (Å²) >= 11 is 0. The van der Waals surface area contributed by atoms with Crippen molar-refractivity contribution in [3.05, 3.63) is 48.0 Å². The van der Waals surface area contributed by atoms with Gasteiger partial charge in [-0.1, -0.05) is 23.4 Å². The van der Waals surface area contributed by atoms with Crippen LogP contribution in [0.25, 0.3) is 0 Å². The zero-order valence-corrected chi connectivity index (χ0v) is 11.7. The minimum atomic E-state index is -0.0422. The van der Waals surface area contributed by atoms with Gasteiger partial charge in [-0.05, 0) is 24.3 Å². The van der Waals surface area contributed by atoms with Crippen LogP contribution >= 0.6 is 0 Å². The summed E-state index contributed by atoms with van der Waals surface area (Å²) < 4.78 is 16.4. The van der Waals surface area contributed by atoms with Crippen molar-refractivity contribution < 1.29 is 19.4 Å². The molecule has 6 heteroatoms. The number of para-hydroxylation sites is 2. The number of nitrogens with zero attached hydrogens (tertiary/aromatic N) is 1. The summed E-state index contributed by atoms with van der Waals surface area (Å²) in [5.74, 6) is 1.84. The number of amidine groups is 1. The van der Waals surface area contributed by atoms with E-state index in [9.17, 15) is 0 Å². The Bertz CT molecular complexity index is 634. The lowest BCUT2D eigenvalue weighted by atomic mass is 10.2. The highest BCUT2D eigenvalue weighted by molar-refractivity contribution is 5.99. The van der Waals surface area contributed by atoms with E-state index in [4.69, 9.17) is 25.2 Å². The standard InChI is InChI=1S/C15H16N2O4/c1-19-12-8-5-9-13(20-2)14(12)21-11-7-4-3-6-10(11)15(16)17-18/h3-9,18H,1-2H3,(H2,16,17). The normalized spacial score (nSPS) is 11.0. The Morgan fingerprint density at radius 2 is 1.52 bits per heavy atom. The lowest BCUT2D eigenvalue weighted by Gasteiger charge is -2.15. The Morgan fingerprint density at radius 1 is 0.952 bits per heavy atom. The molecule has 0 aliphatic rings. The van der Waals surface area contributed by atoms with Crippen LogP contribution in [-0.2, 0) is 0 Å². The molecule has 3 N–H and O–H groups in total. The highest BCUT2D eigenvalue weighted by Crippen LogP contribution is 2.40. The van der Waals surface area contributed by atoms with Crippen LogP contribution in [-0.4, -0.2) is 25.3 Å². The van der Waals surface area contributed by atoms with Crippen LogP contribution in [0.1, 0.15) is 5.56 Å². The van der Waals surface area contributed by atoms with Gasteiger partial charge in [0.25, 0.3) is 0 Å². The van der Waals surface area contributed by atoms with Crippen LogP contribution in [0.15, 0.2) is 47.6 Å². The van der Waals surface area contributed by atoms with E-state index in [-0.39, 0.29) is 5.84 Å². The van der Waals surface area contributed by atoms with E-state index in [1.165, 1.54) is 14.2 Å². The number of ether oxygens (including phenoxy) is 3. The van der Waals surface area contributed by atoms with Crippen molar-refractivity contribution in [3.8, 4) is 23.0 Å². The van der Waals surface area contributed by atoms with E-state index >= 15 is 0 Å².